The second-order valence-electron chi connectivity index (χ2n) is 5.14. The van der Waals surface area contributed by atoms with E-state index in [-0.39, 0.29) is 11.6 Å². The van der Waals surface area contributed by atoms with Crippen LogP contribution in [0.2, 0.25) is 0 Å². The molecular formula is C12H19N3OS2. The van der Waals surface area contributed by atoms with Crippen LogP contribution < -0.4 is 11.3 Å². The number of nitrogens with one attached hydrogen (secondary N) is 1. The van der Waals surface area contributed by atoms with Gasteiger partial charge >= 0.3 is 0 Å². The van der Waals surface area contributed by atoms with Crippen LogP contribution in [0.4, 0.5) is 0 Å². The lowest BCUT2D eigenvalue weighted by Crippen LogP contribution is -2.44. The quantitative estimate of drug-likeness (QED) is 0.656. The van der Waals surface area contributed by atoms with Crippen LogP contribution in [0.3, 0.4) is 0 Å². The molecule has 0 amide bonds. The van der Waals surface area contributed by atoms with Gasteiger partial charge in [0.2, 0.25) is 0 Å². The Morgan fingerprint density at radius 1 is 1.61 bits per heavy atom. The van der Waals surface area contributed by atoms with E-state index in [4.69, 9.17) is 10.6 Å². The van der Waals surface area contributed by atoms with Crippen molar-refractivity contribution in [2.45, 2.75) is 30.9 Å². The molecular weight excluding hydrogens is 266 g/mol. The van der Waals surface area contributed by atoms with Crippen molar-refractivity contribution in [3.8, 4) is 0 Å². The van der Waals surface area contributed by atoms with Gasteiger partial charge in [0.15, 0.2) is 0 Å². The highest BCUT2D eigenvalue weighted by molar-refractivity contribution is 7.99. The lowest BCUT2D eigenvalue weighted by atomic mass is 9.81. The molecule has 3 atom stereocenters. The van der Waals surface area contributed by atoms with Crippen LogP contribution in [-0.4, -0.2) is 28.7 Å². The summed E-state index contributed by atoms with van der Waals surface area (Å²) in [5.74, 6) is 8.70. The first kappa shape index (κ1) is 12.9. The summed E-state index contributed by atoms with van der Waals surface area (Å²) in [4.78, 5) is 5.40. The predicted octanol–water partition coefficient (Wildman–Crippen LogP) is 1.95. The van der Waals surface area contributed by atoms with Crippen LogP contribution in [0.15, 0.2) is 11.7 Å². The molecule has 1 aromatic rings. The number of hydrazine groups is 1. The number of hydrogen-bond donors (Lipinski definition) is 2. The van der Waals surface area contributed by atoms with Crippen molar-refractivity contribution in [2.24, 2.45) is 11.8 Å². The van der Waals surface area contributed by atoms with Crippen LogP contribution in [0, 0.1) is 5.92 Å². The molecule has 1 spiro atoms. The van der Waals surface area contributed by atoms with Gasteiger partial charge in [0.25, 0.3) is 0 Å². The van der Waals surface area contributed by atoms with E-state index in [9.17, 15) is 0 Å². The fourth-order valence-electron chi connectivity index (χ4n) is 3.04. The Morgan fingerprint density at radius 2 is 2.56 bits per heavy atom. The van der Waals surface area contributed by atoms with Gasteiger partial charge in [0.1, 0.15) is 0 Å². The summed E-state index contributed by atoms with van der Waals surface area (Å²) in [6, 6.07) is 0.226. The van der Waals surface area contributed by atoms with Gasteiger partial charge in [-0.3, -0.25) is 16.3 Å². The zero-order valence-electron chi connectivity index (χ0n) is 10.3. The van der Waals surface area contributed by atoms with E-state index < -0.39 is 0 Å². The average molecular weight is 285 g/mol. The SMILES string of the molecule is NNC(c1cncs1)C1CCOC2(CCSC2)C1. The minimum absolute atomic E-state index is 0.118. The third-order valence-corrected chi connectivity index (χ3v) is 6.09. The molecule has 0 bridgehead atoms. The number of thioether (sulfide) groups is 1. The molecule has 6 heteroatoms. The maximum atomic E-state index is 6.07. The topological polar surface area (TPSA) is 60.2 Å². The summed E-state index contributed by atoms with van der Waals surface area (Å²) in [5.41, 5.74) is 4.98. The van der Waals surface area contributed by atoms with Crippen molar-refractivity contribution in [1.82, 2.24) is 10.4 Å². The summed E-state index contributed by atoms with van der Waals surface area (Å²) in [7, 11) is 0. The minimum Gasteiger partial charge on any atom is -0.374 e. The summed E-state index contributed by atoms with van der Waals surface area (Å²) < 4.78 is 6.07. The Bertz CT molecular complexity index is 379. The molecule has 3 heterocycles. The average Bonchev–Trinajstić information content (AvgIpc) is 3.03. The molecule has 0 aromatic carbocycles. The van der Waals surface area contributed by atoms with E-state index in [1.807, 2.05) is 23.5 Å². The number of rotatable bonds is 3. The Labute approximate surface area is 116 Å². The van der Waals surface area contributed by atoms with E-state index >= 15 is 0 Å². The summed E-state index contributed by atoms with van der Waals surface area (Å²) in [5, 5.41) is 0. The molecule has 2 saturated heterocycles. The molecule has 2 aliphatic heterocycles. The number of hydrogen-bond acceptors (Lipinski definition) is 6. The summed E-state index contributed by atoms with van der Waals surface area (Å²) in [6.07, 6.45) is 5.32. The Morgan fingerprint density at radius 3 is 3.22 bits per heavy atom. The predicted molar refractivity (Wildman–Crippen MR) is 75.5 cm³/mol. The van der Waals surface area contributed by atoms with Crippen molar-refractivity contribution in [3.63, 3.8) is 0 Å². The van der Waals surface area contributed by atoms with E-state index in [2.05, 4.69) is 10.4 Å². The van der Waals surface area contributed by atoms with E-state index in [1.54, 1.807) is 11.3 Å². The van der Waals surface area contributed by atoms with E-state index in [0.29, 0.717) is 5.92 Å². The lowest BCUT2D eigenvalue weighted by molar-refractivity contribution is -0.0852. The van der Waals surface area contributed by atoms with Gasteiger partial charge in [0.05, 0.1) is 17.2 Å². The van der Waals surface area contributed by atoms with Crippen LogP contribution in [0.5, 0.6) is 0 Å². The highest BCUT2D eigenvalue weighted by atomic mass is 32.2. The molecule has 1 aromatic heterocycles. The normalized spacial score (nSPS) is 33.9. The van der Waals surface area contributed by atoms with Crippen molar-refractivity contribution in [1.29, 1.82) is 0 Å². The maximum Gasteiger partial charge on any atom is 0.0794 e. The molecule has 4 nitrogen and oxygen atoms in total. The standard InChI is InChI=1S/C12H19N3OS2/c13-15-11(10-6-14-8-18-10)9-1-3-16-12(5-9)2-4-17-7-12/h6,8-9,11,15H,1-5,7,13H2. The molecule has 0 radical (unpaired) electrons. The Balaban J connectivity index is 1.74. The Hall–Kier alpha value is -0.140. The van der Waals surface area contributed by atoms with E-state index in [1.165, 1.54) is 17.1 Å². The molecule has 2 aliphatic rings. The van der Waals surface area contributed by atoms with Crippen molar-refractivity contribution in [3.05, 3.63) is 16.6 Å². The van der Waals surface area contributed by atoms with Gasteiger partial charge in [-0.2, -0.15) is 11.8 Å². The zero-order chi connectivity index (χ0) is 12.4. The minimum atomic E-state index is 0.118. The third-order valence-electron chi connectivity index (χ3n) is 4.01. The number of aromatic nitrogens is 1. The first-order valence-electron chi connectivity index (χ1n) is 6.39. The molecule has 18 heavy (non-hydrogen) atoms. The molecule has 3 rings (SSSR count). The zero-order valence-corrected chi connectivity index (χ0v) is 11.9. The van der Waals surface area contributed by atoms with Crippen molar-refractivity contribution in [2.75, 3.05) is 18.1 Å². The first-order chi connectivity index (χ1) is 8.83. The molecule has 3 N–H and O–H groups in total. The van der Waals surface area contributed by atoms with Crippen LogP contribution in [0.1, 0.15) is 30.2 Å². The van der Waals surface area contributed by atoms with Crippen molar-refractivity contribution < 1.29 is 4.74 Å². The monoisotopic (exact) mass is 285 g/mol. The van der Waals surface area contributed by atoms with Crippen molar-refractivity contribution >= 4 is 23.1 Å². The van der Waals surface area contributed by atoms with Crippen LogP contribution in [0.25, 0.3) is 0 Å². The highest BCUT2D eigenvalue weighted by Crippen LogP contribution is 2.44. The van der Waals surface area contributed by atoms with Gasteiger partial charge in [0, 0.05) is 23.4 Å². The number of ether oxygens (including phenoxy) is 1. The molecule has 100 valence electrons. The van der Waals surface area contributed by atoms with Gasteiger partial charge in [-0.05, 0) is 30.9 Å². The summed E-state index contributed by atoms with van der Waals surface area (Å²) in [6.45, 7) is 0.863. The number of nitrogens with two attached hydrogens (primary N) is 1. The molecule has 3 unspecified atom stereocenters. The maximum absolute atomic E-state index is 6.07. The molecule has 2 fully saturated rings. The summed E-state index contributed by atoms with van der Waals surface area (Å²) >= 11 is 3.69. The number of nitrogens with zero attached hydrogens (tertiary/aromatic N) is 1. The Kier molecular flexibility index (Phi) is 3.91. The second-order valence-corrected chi connectivity index (χ2v) is 7.16. The highest BCUT2D eigenvalue weighted by Gasteiger charge is 2.42. The third kappa shape index (κ3) is 2.44. The van der Waals surface area contributed by atoms with Gasteiger partial charge in [-0.15, -0.1) is 11.3 Å². The lowest BCUT2D eigenvalue weighted by Gasteiger charge is -2.40. The van der Waals surface area contributed by atoms with E-state index in [0.717, 1.165) is 25.2 Å². The fraction of sp³-hybridized carbons (Fsp3) is 0.750. The number of thiazole rings is 1. The smallest absolute Gasteiger partial charge is 0.0794 e. The van der Waals surface area contributed by atoms with Gasteiger partial charge in [-0.25, -0.2) is 0 Å². The first-order valence-corrected chi connectivity index (χ1v) is 8.43. The second kappa shape index (κ2) is 5.46. The molecule has 0 saturated carbocycles. The van der Waals surface area contributed by atoms with Gasteiger partial charge in [-0.1, -0.05) is 0 Å². The fourth-order valence-corrected chi connectivity index (χ4v) is 5.19. The van der Waals surface area contributed by atoms with Crippen LogP contribution in [-0.2, 0) is 4.74 Å². The van der Waals surface area contributed by atoms with Gasteiger partial charge < -0.3 is 4.74 Å². The molecule has 0 aliphatic carbocycles. The largest absolute Gasteiger partial charge is 0.374 e. The van der Waals surface area contributed by atoms with Crippen LogP contribution >= 0.6 is 23.1 Å².